The molecule has 2 aromatic carbocycles. The number of allylic oxidation sites excluding steroid dienone is 1. The number of carbonyl (C=O) groups is 2. The standard InChI is InChI=1S/C23H17ClFN3O5/c1-3-31-18-11-13(9-16-21(26)28-19(27-22(16)29)8-12(2)33-28)10-17(24)20(18)32-23(30)14-4-6-15(25)7-5-14/h4-11,26H,3H2,1-2H3/b16-9-,26-21?. The van der Waals surface area contributed by atoms with E-state index < -0.39 is 17.7 Å². The van der Waals surface area contributed by atoms with E-state index in [2.05, 4.69) is 4.99 Å². The van der Waals surface area contributed by atoms with Crippen molar-refractivity contribution in [3.05, 3.63) is 75.8 Å². The van der Waals surface area contributed by atoms with Crippen LogP contribution in [0.1, 0.15) is 29.8 Å². The van der Waals surface area contributed by atoms with Crippen molar-refractivity contribution in [2.24, 2.45) is 4.99 Å². The molecule has 2 aromatic rings. The van der Waals surface area contributed by atoms with Crippen LogP contribution in [-0.4, -0.2) is 35.2 Å². The van der Waals surface area contributed by atoms with Crippen LogP contribution in [0.15, 0.2) is 58.8 Å². The van der Waals surface area contributed by atoms with Gasteiger partial charge in [0.2, 0.25) is 0 Å². The molecule has 10 heteroatoms. The maximum absolute atomic E-state index is 13.1. The minimum Gasteiger partial charge on any atom is -0.490 e. The highest BCUT2D eigenvalue weighted by molar-refractivity contribution is 6.34. The second-order valence-corrected chi connectivity index (χ2v) is 7.39. The first-order chi connectivity index (χ1) is 15.8. The second kappa shape index (κ2) is 8.87. The Bertz CT molecular complexity index is 1270. The number of rotatable bonds is 5. The van der Waals surface area contributed by atoms with Crippen LogP contribution in [0.2, 0.25) is 5.02 Å². The van der Waals surface area contributed by atoms with Crippen LogP contribution < -0.4 is 9.47 Å². The number of nitrogens with one attached hydrogen (secondary N) is 1. The zero-order chi connectivity index (χ0) is 23.7. The number of halogens is 2. The van der Waals surface area contributed by atoms with E-state index in [1.165, 1.54) is 30.3 Å². The Labute approximate surface area is 193 Å². The van der Waals surface area contributed by atoms with Gasteiger partial charge in [0.15, 0.2) is 23.2 Å². The van der Waals surface area contributed by atoms with Crippen LogP contribution in [0.25, 0.3) is 6.08 Å². The third kappa shape index (κ3) is 4.49. The minimum absolute atomic E-state index is 0.0172. The van der Waals surface area contributed by atoms with E-state index in [0.717, 1.165) is 17.2 Å². The van der Waals surface area contributed by atoms with E-state index in [0.29, 0.717) is 11.3 Å². The van der Waals surface area contributed by atoms with Gasteiger partial charge in [-0.2, -0.15) is 4.99 Å². The smallest absolute Gasteiger partial charge is 0.343 e. The summed E-state index contributed by atoms with van der Waals surface area (Å²) < 4.78 is 24.1. The molecule has 0 aliphatic carbocycles. The predicted octanol–water partition coefficient (Wildman–Crippen LogP) is 4.55. The Morgan fingerprint density at radius 1 is 1.30 bits per heavy atom. The number of ether oxygens (including phenoxy) is 2. The fraction of sp³-hybridized carbons (Fsp3) is 0.130. The SMILES string of the molecule is CCOc1cc(/C=C2/C(=N)N3OC(C)=CC3=NC2=O)cc(Cl)c1OC(=O)c1ccc(F)cc1. The number of carbonyl (C=O) groups excluding carboxylic acids is 2. The molecule has 0 unspecified atom stereocenters. The fourth-order valence-electron chi connectivity index (χ4n) is 3.14. The van der Waals surface area contributed by atoms with Crippen LogP contribution in [-0.2, 0) is 9.63 Å². The topological polar surface area (TPSA) is 101 Å². The Balaban J connectivity index is 1.66. The van der Waals surface area contributed by atoms with Gasteiger partial charge in [-0.15, -0.1) is 5.06 Å². The lowest BCUT2D eigenvalue weighted by molar-refractivity contribution is -0.114. The Kier molecular flexibility index (Phi) is 5.97. The molecular weight excluding hydrogens is 453 g/mol. The molecule has 0 aromatic heterocycles. The number of hydrogen-bond donors (Lipinski definition) is 1. The van der Waals surface area contributed by atoms with Gasteiger partial charge in [0.05, 0.1) is 22.8 Å². The molecule has 0 bridgehead atoms. The van der Waals surface area contributed by atoms with E-state index in [9.17, 15) is 14.0 Å². The predicted molar refractivity (Wildman–Crippen MR) is 119 cm³/mol. The third-order valence-corrected chi connectivity index (χ3v) is 4.88. The van der Waals surface area contributed by atoms with Crippen molar-refractivity contribution in [3.8, 4) is 11.5 Å². The maximum Gasteiger partial charge on any atom is 0.343 e. The van der Waals surface area contributed by atoms with E-state index in [1.807, 2.05) is 0 Å². The van der Waals surface area contributed by atoms with Crippen molar-refractivity contribution in [1.82, 2.24) is 5.06 Å². The lowest BCUT2D eigenvalue weighted by atomic mass is 10.1. The van der Waals surface area contributed by atoms with Gasteiger partial charge in [-0.25, -0.2) is 9.18 Å². The van der Waals surface area contributed by atoms with Crippen molar-refractivity contribution in [2.45, 2.75) is 13.8 Å². The largest absolute Gasteiger partial charge is 0.490 e. The number of aliphatic imine (C=N–C) groups is 1. The number of benzene rings is 2. The summed E-state index contributed by atoms with van der Waals surface area (Å²) in [7, 11) is 0. The van der Waals surface area contributed by atoms with E-state index >= 15 is 0 Å². The first-order valence-corrected chi connectivity index (χ1v) is 10.2. The van der Waals surface area contributed by atoms with Gasteiger partial charge < -0.3 is 14.3 Å². The van der Waals surface area contributed by atoms with Crippen molar-refractivity contribution in [3.63, 3.8) is 0 Å². The van der Waals surface area contributed by atoms with Crippen molar-refractivity contribution >= 4 is 41.2 Å². The molecule has 0 saturated carbocycles. The molecule has 0 atom stereocenters. The first kappa shape index (κ1) is 22.2. The molecule has 2 aliphatic heterocycles. The summed E-state index contributed by atoms with van der Waals surface area (Å²) in [6, 6.07) is 7.83. The van der Waals surface area contributed by atoms with Gasteiger partial charge in [-0.1, -0.05) is 11.6 Å². The van der Waals surface area contributed by atoms with E-state index in [1.54, 1.807) is 19.9 Å². The molecule has 168 valence electrons. The summed E-state index contributed by atoms with van der Waals surface area (Å²) in [6.45, 7) is 3.66. The summed E-state index contributed by atoms with van der Waals surface area (Å²) in [5, 5.41) is 9.50. The minimum atomic E-state index is -0.746. The highest BCUT2D eigenvalue weighted by Gasteiger charge is 2.34. The summed E-state index contributed by atoms with van der Waals surface area (Å²) >= 11 is 6.37. The number of nitrogens with zero attached hydrogens (tertiary/aromatic N) is 2. The number of esters is 1. The molecule has 2 heterocycles. The molecule has 33 heavy (non-hydrogen) atoms. The Hall–Kier alpha value is -3.98. The second-order valence-electron chi connectivity index (χ2n) is 6.98. The van der Waals surface area contributed by atoms with Gasteiger partial charge in [-0.05, 0) is 61.9 Å². The van der Waals surface area contributed by atoms with Gasteiger partial charge in [0.25, 0.3) is 5.91 Å². The Morgan fingerprint density at radius 2 is 2.03 bits per heavy atom. The average Bonchev–Trinajstić information content (AvgIpc) is 3.14. The van der Waals surface area contributed by atoms with Gasteiger partial charge >= 0.3 is 5.97 Å². The molecule has 0 spiro atoms. The van der Waals surface area contributed by atoms with E-state index in [-0.39, 0.29) is 45.9 Å². The van der Waals surface area contributed by atoms with Crippen LogP contribution >= 0.6 is 11.6 Å². The summed E-state index contributed by atoms with van der Waals surface area (Å²) in [5.74, 6) is -1.16. The van der Waals surface area contributed by atoms with Crippen molar-refractivity contribution in [1.29, 1.82) is 5.41 Å². The number of hydrogen-bond acceptors (Lipinski definition) is 6. The van der Waals surface area contributed by atoms with Crippen LogP contribution in [0, 0.1) is 11.2 Å². The van der Waals surface area contributed by atoms with Gasteiger partial charge in [0, 0.05) is 6.08 Å². The lowest BCUT2D eigenvalue weighted by Gasteiger charge is -2.23. The number of fused-ring (bicyclic) bond motifs is 1. The lowest BCUT2D eigenvalue weighted by Crippen LogP contribution is -2.38. The molecule has 4 rings (SSSR count). The summed E-state index contributed by atoms with van der Waals surface area (Å²) in [6.07, 6.45) is 2.97. The highest BCUT2D eigenvalue weighted by atomic mass is 35.5. The molecule has 0 radical (unpaired) electrons. The van der Waals surface area contributed by atoms with Crippen LogP contribution in [0.4, 0.5) is 4.39 Å². The van der Waals surface area contributed by atoms with Crippen LogP contribution in [0.3, 0.4) is 0 Å². The highest BCUT2D eigenvalue weighted by Crippen LogP contribution is 2.38. The molecule has 8 nitrogen and oxygen atoms in total. The Morgan fingerprint density at radius 3 is 2.73 bits per heavy atom. The van der Waals surface area contributed by atoms with Crippen LogP contribution in [0.5, 0.6) is 11.5 Å². The quantitative estimate of drug-likeness (QED) is 0.391. The molecular formula is C23H17ClFN3O5. The average molecular weight is 470 g/mol. The normalized spacial score (nSPS) is 16.2. The molecule has 0 fully saturated rings. The van der Waals surface area contributed by atoms with E-state index in [4.69, 9.17) is 31.3 Å². The number of hydroxylamine groups is 2. The monoisotopic (exact) mass is 469 g/mol. The number of amides is 1. The third-order valence-electron chi connectivity index (χ3n) is 4.60. The molecule has 0 saturated heterocycles. The fourth-order valence-corrected chi connectivity index (χ4v) is 3.40. The number of amidine groups is 2. The molecule has 2 aliphatic rings. The maximum atomic E-state index is 13.1. The summed E-state index contributed by atoms with van der Waals surface area (Å²) in [5.41, 5.74) is 0.530. The molecule has 1 N–H and O–H groups in total. The molecule has 1 amide bonds. The summed E-state index contributed by atoms with van der Waals surface area (Å²) in [4.78, 5) is 34.3. The zero-order valence-electron chi connectivity index (χ0n) is 17.5. The zero-order valence-corrected chi connectivity index (χ0v) is 18.3. The van der Waals surface area contributed by atoms with Crippen molar-refractivity contribution < 1.29 is 28.3 Å². The first-order valence-electron chi connectivity index (χ1n) is 9.81. The van der Waals surface area contributed by atoms with Gasteiger partial charge in [-0.3, -0.25) is 10.2 Å². The van der Waals surface area contributed by atoms with Crippen molar-refractivity contribution in [2.75, 3.05) is 6.61 Å². The van der Waals surface area contributed by atoms with Gasteiger partial charge in [0.1, 0.15) is 11.6 Å².